The summed E-state index contributed by atoms with van der Waals surface area (Å²) in [6, 6.07) is 17.6. The third-order valence-corrected chi connectivity index (χ3v) is 5.43. The van der Waals surface area contributed by atoms with Crippen molar-refractivity contribution >= 4 is 29.3 Å². The molecule has 0 atom stereocenters. The predicted octanol–water partition coefficient (Wildman–Crippen LogP) is 4.67. The van der Waals surface area contributed by atoms with Crippen LogP contribution in [-0.2, 0) is 11.3 Å². The van der Waals surface area contributed by atoms with Gasteiger partial charge in [-0.1, -0.05) is 41.9 Å². The fraction of sp³-hybridized carbons (Fsp3) is 0.200. The zero-order chi connectivity index (χ0) is 18.4. The van der Waals surface area contributed by atoms with E-state index in [1.165, 1.54) is 0 Å². The van der Waals surface area contributed by atoms with E-state index in [1.807, 2.05) is 72.5 Å². The number of benzene rings is 2. The molecule has 6 heteroatoms. The van der Waals surface area contributed by atoms with Crippen molar-refractivity contribution in [3.63, 3.8) is 0 Å². The van der Waals surface area contributed by atoms with Crippen LogP contribution in [0.3, 0.4) is 0 Å². The van der Waals surface area contributed by atoms with Crippen LogP contribution in [-0.4, -0.2) is 33.4 Å². The smallest absolute Gasteiger partial charge is 0.223 e. The lowest BCUT2D eigenvalue weighted by Gasteiger charge is -2.16. The Morgan fingerprint density at radius 2 is 1.88 bits per heavy atom. The molecule has 2 aromatic carbocycles. The SMILES string of the molecule is CN(Cc1cnn(-c2ccccc2)c1)C(=O)CCSc1ccccc1Cl. The second-order valence-electron chi connectivity index (χ2n) is 5.91. The van der Waals surface area contributed by atoms with Crippen molar-refractivity contribution in [2.75, 3.05) is 12.8 Å². The van der Waals surface area contributed by atoms with Gasteiger partial charge in [-0.05, 0) is 24.3 Å². The average Bonchev–Trinajstić information content (AvgIpc) is 3.12. The Bertz CT molecular complexity index is 866. The molecule has 0 aliphatic rings. The van der Waals surface area contributed by atoms with Crippen LogP contribution in [0.25, 0.3) is 5.69 Å². The van der Waals surface area contributed by atoms with Gasteiger partial charge < -0.3 is 4.90 Å². The first-order valence-corrected chi connectivity index (χ1v) is 9.70. The van der Waals surface area contributed by atoms with Gasteiger partial charge in [0.2, 0.25) is 5.91 Å². The van der Waals surface area contributed by atoms with Gasteiger partial charge in [0.05, 0.1) is 16.9 Å². The van der Waals surface area contributed by atoms with Crippen LogP contribution < -0.4 is 0 Å². The van der Waals surface area contributed by atoms with E-state index >= 15 is 0 Å². The number of rotatable bonds is 7. The number of hydrogen-bond donors (Lipinski definition) is 0. The Balaban J connectivity index is 1.50. The summed E-state index contributed by atoms with van der Waals surface area (Å²) in [6.07, 6.45) is 4.23. The number of halogens is 1. The highest BCUT2D eigenvalue weighted by Gasteiger charge is 2.11. The summed E-state index contributed by atoms with van der Waals surface area (Å²) in [5.74, 6) is 0.813. The fourth-order valence-electron chi connectivity index (χ4n) is 2.53. The molecule has 1 amide bonds. The fourth-order valence-corrected chi connectivity index (χ4v) is 3.70. The number of aromatic nitrogens is 2. The molecule has 0 spiro atoms. The zero-order valence-corrected chi connectivity index (χ0v) is 16.1. The van der Waals surface area contributed by atoms with Crippen LogP contribution in [0.4, 0.5) is 0 Å². The van der Waals surface area contributed by atoms with E-state index in [0.29, 0.717) is 18.7 Å². The molecule has 0 saturated carbocycles. The first kappa shape index (κ1) is 18.5. The third-order valence-electron chi connectivity index (χ3n) is 3.91. The van der Waals surface area contributed by atoms with Crippen molar-refractivity contribution in [3.8, 4) is 5.69 Å². The van der Waals surface area contributed by atoms with Gasteiger partial charge in [0.15, 0.2) is 0 Å². The van der Waals surface area contributed by atoms with E-state index < -0.39 is 0 Å². The van der Waals surface area contributed by atoms with Crippen molar-refractivity contribution in [2.24, 2.45) is 0 Å². The molecule has 1 heterocycles. The molecule has 0 fully saturated rings. The van der Waals surface area contributed by atoms with Gasteiger partial charge >= 0.3 is 0 Å². The molecule has 1 aromatic heterocycles. The minimum Gasteiger partial charge on any atom is -0.341 e. The van der Waals surface area contributed by atoms with Gasteiger partial charge in [-0.2, -0.15) is 5.10 Å². The molecule has 3 rings (SSSR count). The van der Waals surface area contributed by atoms with Crippen LogP contribution in [0.2, 0.25) is 5.02 Å². The third kappa shape index (κ3) is 4.90. The molecule has 0 unspecified atom stereocenters. The number of para-hydroxylation sites is 1. The average molecular weight is 386 g/mol. The Kier molecular flexibility index (Phi) is 6.36. The molecule has 0 bridgehead atoms. The van der Waals surface area contributed by atoms with Gasteiger partial charge in [-0.3, -0.25) is 4.79 Å². The summed E-state index contributed by atoms with van der Waals surface area (Å²) in [7, 11) is 1.82. The lowest BCUT2D eigenvalue weighted by Crippen LogP contribution is -2.26. The molecule has 3 aromatic rings. The van der Waals surface area contributed by atoms with Crippen molar-refractivity contribution in [1.29, 1.82) is 0 Å². The molecule has 0 saturated heterocycles. The minimum absolute atomic E-state index is 0.108. The maximum atomic E-state index is 12.4. The summed E-state index contributed by atoms with van der Waals surface area (Å²) in [4.78, 5) is 15.1. The van der Waals surface area contributed by atoms with Gasteiger partial charge in [-0.15, -0.1) is 11.8 Å². The highest BCUT2D eigenvalue weighted by atomic mass is 35.5. The molecule has 0 aliphatic carbocycles. The molecular weight excluding hydrogens is 366 g/mol. The van der Waals surface area contributed by atoms with Gasteiger partial charge in [-0.25, -0.2) is 4.68 Å². The Hall–Kier alpha value is -2.24. The first-order valence-electron chi connectivity index (χ1n) is 8.34. The summed E-state index contributed by atoms with van der Waals surface area (Å²) in [6.45, 7) is 0.544. The van der Waals surface area contributed by atoms with E-state index in [9.17, 15) is 4.79 Å². The van der Waals surface area contributed by atoms with Crippen molar-refractivity contribution in [1.82, 2.24) is 14.7 Å². The summed E-state index contributed by atoms with van der Waals surface area (Å²) >= 11 is 7.74. The highest BCUT2D eigenvalue weighted by Crippen LogP contribution is 2.27. The van der Waals surface area contributed by atoms with Crippen LogP contribution in [0.1, 0.15) is 12.0 Å². The van der Waals surface area contributed by atoms with Crippen molar-refractivity contribution in [2.45, 2.75) is 17.9 Å². The maximum absolute atomic E-state index is 12.4. The van der Waals surface area contributed by atoms with E-state index in [4.69, 9.17) is 11.6 Å². The van der Waals surface area contributed by atoms with E-state index in [2.05, 4.69) is 5.10 Å². The zero-order valence-electron chi connectivity index (χ0n) is 14.5. The summed E-state index contributed by atoms with van der Waals surface area (Å²) in [5, 5.41) is 5.10. The number of carbonyl (C=O) groups excluding carboxylic acids is 1. The summed E-state index contributed by atoms with van der Waals surface area (Å²) < 4.78 is 1.82. The maximum Gasteiger partial charge on any atom is 0.223 e. The van der Waals surface area contributed by atoms with Crippen molar-refractivity contribution < 1.29 is 4.79 Å². The highest BCUT2D eigenvalue weighted by molar-refractivity contribution is 7.99. The Morgan fingerprint density at radius 3 is 2.65 bits per heavy atom. The normalized spacial score (nSPS) is 10.7. The lowest BCUT2D eigenvalue weighted by atomic mass is 10.3. The van der Waals surface area contributed by atoms with Crippen LogP contribution in [0.5, 0.6) is 0 Å². The van der Waals surface area contributed by atoms with E-state index in [-0.39, 0.29) is 5.91 Å². The van der Waals surface area contributed by atoms with Gasteiger partial charge in [0.25, 0.3) is 0 Å². The predicted molar refractivity (Wildman–Crippen MR) is 107 cm³/mol. The number of nitrogens with zero attached hydrogens (tertiary/aromatic N) is 3. The van der Waals surface area contributed by atoms with Crippen LogP contribution in [0, 0.1) is 0 Å². The molecule has 26 heavy (non-hydrogen) atoms. The van der Waals surface area contributed by atoms with Crippen LogP contribution >= 0.6 is 23.4 Å². The number of amides is 1. The number of carbonyl (C=O) groups is 1. The van der Waals surface area contributed by atoms with Crippen molar-refractivity contribution in [3.05, 3.63) is 77.6 Å². The van der Waals surface area contributed by atoms with Crippen LogP contribution in [0.15, 0.2) is 71.9 Å². The van der Waals surface area contributed by atoms with Gasteiger partial charge in [0, 0.05) is 42.4 Å². The lowest BCUT2D eigenvalue weighted by molar-refractivity contribution is -0.129. The Labute approximate surface area is 162 Å². The largest absolute Gasteiger partial charge is 0.341 e. The Morgan fingerprint density at radius 1 is 1.15 bits per heavy atom. The molecule has 0 N–H and O–H groups in total. The molecule has 0 radical (unpaired) electrons. The molecule has 4 nitrogen and oxygen atoms in total. The second kappa shape index (κ2) is 8.92. The minimum atomic E-state index is 0.108. The number of thioether (sulfide) groups is 1. The topological polar surface area (TPSA) is 38.1 Å². The first-order chi connectivity index (χ1) is 12.6. The van der Waals surface area contributed by atoms with Gasteiger partial charge in [0.1, 0.15) is 0 Å². The quantitative estimate of drug-likeness (QED) is 0.555. The molecular formula is C20H20ClN3OS. The molecule has 134 valence electrons. The second-order valence-corrected chi connectivity index (χ2v) is 7.45. The molecule has 0 aliphatic heterocycles. The van der Waals surface area contributed by atoms with E-state index in [0.717, 1.165) is 21.2 Å². The number of hydrogen-bond acceptors (Lipinski definition) is 3. The van der Waals surface area contributed by atoms with E-state index in [1.54, 1.807) is 22.9 Å². The standard InChI is InChI=1S/C20H20ClN3OS/c1-23(20(25)11-12-26-19-10-6-5-9-18(19)21)14-16-13-22-24(15-16)17-7-3-2-4-8-17/h2-10,13,15H,11-12,14H2,1H3. The monoisotopic (exact) mass is 385 g/mol. The summed E-state index contributed by atoms with van der Waals surface area (Å²) in [5.41, 5.74) is 2.01.